The summed E-state index contributed by atoms with van der Waals surface area (Å²) in [6.45, 7) is 9.89. The molecule has 436 valence electrons. The smallest absolute Gasteiger partial charge is 0.420 e. The van der Waals surface area contributed by atoms with Crippen LogP contribution in [-0.4, -0.2) is 102 Å². The topological polar surface area (TPSA) is 198 Å². The Labute approximate surface area is 479 Å². The molecule has 3 aromatic carbocycles. The minimum atomic E-state index is -5.35. The van der Waals surface area contributed by atoms with Gasteiger partial charge < -0.3 is 34.4 Å². The zero-order chi connectivity index (χ0) is 60.2. The molecule has 0 spiro atoms. The van der Waals surface area contributed by atoms with E-state index in [1.54, 1.807) is 35.5 Å². The Morgan fingerprint density at radius 2 is 1.67 bits per heavy atom. The van der Waals surface area contributed by atoms with Crippen molar-refractivity contribution in [2.24, 2.45) is 5.92 Å². The lowest BCUT2D eigenvalue weighted by molar-refractivity contribution is -0.141. The predicted molar refractivity (Wildman–Crippen MR) is 290 cm³/mol. The predicted octanol–water partition coefficient (Wildman–Crippen LogP) is 10.6. The minimum Gasteiger partial charge on any atom is -0.490 e. The van der Waals surface area contributed by atoms with Gasteiger partial charge in [-0.3, -0.25) is 29.1 Å². The van der Waals surface area contributed by atoms with Crippen LogP contribution in [0.2, 0.25) is 0 Å². The van der Waals surface area contributed by atoms with Crippen LogP contribution >= 0.6 is 23.6 Å². The number of hydrogen-bond acceptors (Lipinski definition) is 13. The van der Waals surface area contributed by atoms with Crippen LogP contribution in [0.1, 0.15) is 105 Å². The van der Waals surface area contributed by atoms with Gasteiger partial charge in [-0.1, -0.05) is 43.3 Å². The largest absolute Gasteiger partial charge is 0.490 e. The number of nitrogens with one attached hydrogen (secondary N) is 1. The maximum atomic E-state index is 16.2. The van der Waals surface area contributed by atoms with Gasteiger partial charge in [-0.2, -0.15) is 31.6 Å². The highest BCUT2D eigenvalue weighted by Gasteiger charge is 2.53. The molecule has 0 saturated carbocycles. The van der Waals surface area contributed by atoms with E-state index in [0.29, 0.717) is 34.1 Å². The molecule has 1 unspecified atom stereocenters. The molecular weight excluding hydrogens is 1140 g/mol. The van der Waals surface area contributed by atoms with Gasteiger partial charge in [-0.05, 0) is 87.3 Å². The molecule has 4 atom stereocenters. The molecule has 3 aliphatic heterocycles. The molecule has 0 radical (unpaired) electrons. The SMILES string of the molecule is Cc1cc(C(C(=O)N2C[C@H](O)C[C@H]2C(=O)N[C@@H](CC(=O)N2CCC(Oc3ccc(-c4ncc(N5C(=S)N(c6ccc(C#N)c(C(F)(F)F)c6F)C(=O)C5(C)C)cc4F)c(C(F)(F)F)c3)CC2)c2ccc(-c3scnc3C)cc2)C(C)C)on1. The number of carbonyl (C=O) groups excluding carboxylic acids is 4. The maximum absolute atomic E-state index is 16.2. The molecule has 26 heteroatoms. The first kappa shape index (κ1) is 59.7. The fourth-order valence-corrected chi connectivity index (χ4v) is 12.1. The van der Waals surface area contributed by atoms with Crippen molar-refractivity contribution in [3.63, 3.8) is 0 Å². The number of aliphatic hydroxyl groups is 1. The average molecular weight is 1190 g/mol. The zero-order valence-corrected chi connectivity index (χ0v) is 46.9. The number of thiocarbonyl (C=S) groups is 1. The first-order valence-corrected chi connectivity index (χ1v) is 27.4. The summed E-state index contributed by atoms with van der Waals surface area (Å²) in [6.07, 6.45) is -11.1. The molecule has 3 saturated heterocycles. The van der Waals surface area contributed by atoms with Gasteiger partial charge in [0.25, 0.3) is 5.91 Å². The Morgan fingerprint density at radius 1 is 0.976 bits per heavy atom. The molecular formula is C57H53F8N9O7S2. The molecule has 9 rings (SSSR count). The molecule has 4 amide bonds. The maximum Gasteiger partial charge on any atom is 0.420 e. The van der Waals surface area contributed by atoms with Crippen LogP contribution in [0.3, 0.4) is 0 Å². The van der Waals surface area contributed by atoms with Crippen molar-refractivity contribution in [1.29, 1.82) is 5.26 Å². The quantitative estimate of drug-likeness (QED) is 0.0772. The van der Waals surface area contributed by atoms with Gasteiger partial charge >= 0.3 is 12.4 Å². The summed E-state index contributed by atoms with van der Waals surface area (Å²) in [5.74, 6) is -6.67. The number of halogens is 8. The van der Waals surface area contributed by atoms with Crippen molar-refractivity contribution < 1.29 is 68.7 Å². The summed E-state index contributed by atoms with van der Waals surface area (Å²) < 4.78 is 130. The van der Waals surface area contributed by atoms with Crippen LogP contribution in [0, 0.1) is 42.7 Å². The van der Waals surface area contributed by atoms with Crippen molar-refractivity contribution >= 4 is 63.7 Å². The molecule has 83 heavy (non-hydrogen) atoms. The average Bonchev–Trinajstić information content (AvgIpc) is 2.15. The van der Waals surface area contributed by atoms with Gasteiger partial charge in [0.05, 0.1) is 75.1 Å². The molecule has 3 aromatic heterocycles. The number of anilines is 2. The second-order valence-electron chi connectivity index (χ2n) is 21.3. The van der Waals surface area contributed by atoms with E-state index in [2.05, 4.69) is 20.4 Å². The number of ether oxygens (including phenoxy) is 1. The van der Waals surface area contributed by atoms with Gasteiger partial charge in [0.2, 0.25) is 17.7 Å². The Bertz CT molecular complexity index is 3560. The third kappa shape index (κ3) is 11.9. The van der Waals surface area contributed by atoms with Crippen molar-refractivity contribution in [2.45, 2.75) is 115 Å². The summed E-state index contributed by atoms with van der Waals surface area (Å²) in [7, 11) is 0. The van der Waals surface area contributed by atoms with Crippen molar-refractivity contribution in [3.05, 3.63) is 129 Å². The Hall–Kier alpha value is -7.89. The standard InChI is InChI=1S/C57H53F8N9O7S2/c1-28(2)46(44-19-29(3)70-81-44)52(78)72-26-35(75)21-43(72)51(77)69-41(31-7-9-32(10-8-31)50-30(4)68-27-83-50)23-45(76)71-17-15-36(16-18-71)80-37-12-13-38(39(22-37)56(60,61)62)49-40(58)20-34(25-67-49)74-54(82)73(53(79)55(74,5)6)42-14-11-33(24-66)47(48(42)59)57(63,64)65/h7-14,19-20,22,25,27-28,35-36,41,43,46,75H,15-18,21,23,26H2,1-6H3,(H,69,77)/t35-,41+,43+,46?/m1/s1. The summed E-state index contributed by atoms with van der Waals surface area (Å²) in [6, 6.07) is 13.2. The minimum absolute atomic E-state index is 0.0575. The number of carbonyl (C=O) groups is 4. The van der Waals surface area contributed by atoms with E-state index in [-0.39, 0.29) is 68.6 Å². The summed E-state index contributed by atoms with van der Waals surface area (Å²) >= 11 is 6.87. The lowest BCUT2D eigenvalue weighted by atomic mass is 9.91. The number of aliphatic hydroxyl groups excluding tert-OH is 1. The van der Waals surface area contributed by atoms with Gasteiger partial charge in [-0.15, -0.1) is 11.3 Å². The van der Waals surface area contributed by atoms with Crippen LogP contribution in [0.15, 0.2) is 83.0 Å². The number of benzene rings is 3. The van der Waals surface area contributed by atoms with Crippen LogP contribution in [0.25, 0.3) is 21.7 Å². The van der Waals surface area contributed by atoms with Crippen LogP contribution in [0.5, 0.6) is 5.75 Å². The third-order valence-corrected chi connectivity index (χ3v) is 16.3. The number of rotatable bonds is 14. The van der Waals surface area contributed by atoms with Gasteiger partial charge in [-0.25, -0.2) is 13.8 Å². The van der Waals surface area contributed by atoms with E-state index in [0.717, 1.165) is 45.4 Å². The Kier molecular flexibility index (Phi) is 16.6. The Morgan fingerprint density at radius 3 is 2.27 bits per heavy atom. The van der Waals surface area contributed by atoms with E-state index in [4.69, 9.17) is 21.5 Å². The molecule has 3 aliphatic rings. The van der Waals surface area contributed by atoms with Gasteiger partial charge in [0, 0.05) is 56.6 Å². The van der Waals surface area contributed by atoms with E-state index >= 15 is 8.78 Å². The van der Waals surface area contributed by atoms with Gasteiger partial charge in [0.1, 0.15) is 46.4 Å². The lowest BCUT2D eigenvalue weighted by Gasteiger charge is -2.34. The van der Waals surface area contributed by atoms with Crippen molar-refractivity contribution in [3.8, 4) is 33.5 Å². The first-order valence-electron chi connectivity index (χ1n) is 26.1. The Balaban J connectivity index is 0.892. The summed E-state index contributed by atoms with van der Waals surface area (Å²) in [4.78, 5) is 70.0. The normalized spacial score (nSPS) is 18.4. The lowest BCUT2D eigenvalue weighted by Crippen LogP contribution is -2.49. The van der Waals surface area contributed by atoms with Crippen LogP contribution in [0.4, 0.5) is 46.5 Å². The van der Waals surface area contributed by atoms with Crippen molar-refractivity contribution in [1.82, 2.24) is 30.2 Å². The summed E-state index contributed by atoms with van der Waals surface area (Å²) in [5, 5.41) is 26.4. The number of β-amino-alcohol motifs (C(OH)–C–C–N with tert-alkyl or cyclic N) is 1. The molecule has 2 N–H and O–H groups in total. The zero-order valence-electron chi connectivity index (χ0n) is 45.2. The highest BCUT2D eigenvalue weighted by molar-refractivity contribution is 7.81. The van der Waals surface area contributed by atoms with Gasteiger partial charge in [0.15, 0.2) is 16.7 Å². The molecule has 16 nitrogen and oxygen atoms in total. The monoisotopic (exact) mass is 1190 g/mol. The number of likely N-dealkylation sites (tertiary alicyclic amines) is 2. The number of nitrogens with zero attached hydrogens (tertiary/aromatic N) is 8. The molecule has 6 heterocycles. The highest BCUT2D eigenvalue weighted by Crippen LogP contribution is 2.45. The third-order valence-electron chi connectivity index (χ3n) is 14.9. The highest BCUT2D eigenvalue weighted by atomic mass is 32.1. The first-order chi connectivity index (χ1) is 39.1. The number of hydrogen-bond donors (Lipinski definition) is 2. The van der Waals surface area contributed by atoms with E-state index in [1.807, 2.05) is 32.9 Å². The number of amides is 4. The van der Waals surface area contributed by atoms with E-state index in [9.17, 15) is 55.9 Å². The van der Waals surface area contributed by atoms with Crippen molar-refractivity contribution in [2.75, 3.05) is 29.4 Å². The number of pyridine rings is 1. The summed E-state index contributed by atoms with van der Waals surface area (Å²) in [5.41, 5.74) is -4.33. The fraction of sp³-hybridized carbons (Fsp3) is 0.386. The van der Waals surface area contributed by atoms with E-state index < -0.39 is 116 Å². The number of aryl methyl sites for hydroxylation is 2. The number of piperidine rings is 1. The second-order valence-corrected chi connectivity index (χ2v) is 22.5. The van der Waals surface area contributed by atoms with E-state index in [1.165, 1.54) is 42.2 Å². The molecule has 6 aromatic rings. The van der Waals surface area contributed by atoms with Crippen LogP contribution < -0.4 is 19.9 Å². The number of nitriles is 1. The number of alkyl halides is 6. The molecule has 0 bridgehead atoms. The second kappa shape index (κ2) is 23.0. The molecule has 3 fully saturated rings. The van der Waals surface area contributed by atoms with Crippen LogP contribution in [-0.2, 0) is 31.5 Å². The number of aromatic nitrogens is 3. The number of thiazole rings is 1. The molecule has 0 aliphatic carbocycles. The fourth-order valence-electron chi connectivity index (χ4n) is 10.8.